The van der Waals surface area contributed by atoms with Crippen molar-refractivity contribution in [3.63, 3.8) is 0 Å². The number of nitrogens with zero attached hydrogens (tertiary/aromatic N) is 1. The highest BCUT2D eigenvalue weighted by molar-refractivity contribution is 5.69. The van der Waals surface area contributed by atoms with E-state index in [0.29, 0.717) is 13.1 Å². The van der Waals surface area contributed by atoms with Crippen molar-refractivity contribution >= 4 is 12.0 Å². The summed E-state index contributed by atoms with van der Waals surface area (Å²) in [6, 6.07) is 0. The van der Waals surface area contributed by atoms with E-state index < -0.39 is 5.60 Å². The van der Waals surface area contributed by atoms with Gasteiger partial charge in [-0.15, -0.1) is 0 Å². The second kappa shape index (κ2) is 5.10. The van der Waals surface area contributed by atoms with Crippen LogP contribution in [0.5, 0.6) is 0 Å². The minimum Gasteiger partial charge on any atom is -0.444 e. The number of hydrogen-bond acceptors (Lipinski definition) is 3. The number of rotatable bonds is 0. The fourth-order valence-corrected chi connectivity index (χ4v) is 3.11. The lowest BCUT2D eigenvalue weighted by molar-refractivity contribution is 0.0142. The van der Waals surface area contributed by atoms with Crippen molar-refractivity contribution in [2.45, 2.75) is 52.6 Å². The summed E-state index contributed by atoms with van der Waals surface area (Å²) >= 11 is 0. The van der Waals surface area contributed by atoms with E-state index in [2.05, 4.69) is 5.94 Å². The van der Waals surface area contributed by atoms with Crippen molar-refractivity contribution < 1.29 is 14.3 Å². The van der Waals surface area contributed by atoms with Crippen LogP contribution in [0.25, 0.3) is 0 Å². The first-order chi connectivity index (χ1) is 9.26. The van der Waals surface area contributed by atoms with Crippen LogP contribution in [0, 0.1) is 5.41 Å². The zero-order chi connectivity index (χ0) is 15.0. The highest BCUT2D eigenvalue weighted by Crippen LogP contribution is 2.48. The summed E-state index contributed by atoms with van der Waals surface area (Å²) in [6.07, 6.45) is 4.23. The fraction of sp³-hybridized carbons (Fsp3) is 0.688. The summed E-state index contributed by atoms with van der Waals surface area (Å²) in [4.78, 5) is 24.9. The Labute approximate surface area is 120 Å². The van der Waals surface area contributed by atoms with Crippen LogP contribution in [0.4, 0.5) is 4.79 Å². The monoisotopic (exact) mass is 277 g/mol. The second-order valence-electron chi connectivity index (χ2n) is 6.93. The van der Waals surface area contributed by atoms with Gasteiger partial charge in [-0.1, -0.05) is 5.57 Å². The smallest absolute Gasteiger partial charge is 0.410 e. The van der Waals surface area contributed by atoms with Crippen molar-refractivity contribution in [3.05, 3.63) is 17.2 Å². The van der Waals surface area contributed by atoms with E-state index in [9.17, 15) is 9.59 Å². The molecule has 110 valence electrons. The van der Waals surface area contributed by atoms with Gasteiger partial charge < -0.3 is 9.64 Å². The Morgan fingerprint density at radius 1 is 1.35 bits per heavy atom. The summed E-state index contributed by atoms with van der Waals surface area (Å²) in [5.74, 6) is 2.09. The average Bonchev–Trinajstić information content (AvgIpc) is 2.64. The maximum Gasteiger partial charge on any atom is 0.410 e. The van der Waals surface area contributed by atoms with E-state index >= 15 is 0 Å². The lowest BCUT2D eigenvalue weighted by Crippen LogP contribution is -2.45. The number of hydrogen-bond donors (Lipinski definition) is 0. The second-order valence-corrected chi connectivity index (χ2v) is 6.93. The Kier molecular flexibility index (Phi) is 3.79. The van der Waals surface area contributed by atoms with Gasteiger partial charge in [0.05, 0.1) is 0 Å². The van der Waals surface area contributed by atoms with E-state index in [4.69, 9.17) is 4.74 Å². The molecule has 4 heteroatoms. The number of piperidine rings is 1. The maximum atomic E-state index is 12.0. The number of amides is 1. The molecule has 1 aliphatic heterocycles. The van der Waals surface area contributed by atoms with Gasteiger partial charge in [-0.3, -0.25) is 0 Å². The average molecular weight is 277 g/mol. The molecule has 4 nitrogen and oxygen atoms in total. The van der Waals surface area contributed by atoms with Crippen LogP contribution < -0.4 is 0 Å². The molecule has 0 radical (unpaired) electrons. The van der Waals surface area contributed by atoms with Gasteiger partial charge in [0.2, 0.25) is 0 Å². The van der Waals surface area contributed by atoms with Crippen LogP contribution in [0.1, 0.15) is 47.0 Å². The first-order valence-corrected chi connectivity index (χ1v) is 7.16. The Morgan fingerprint density at radius 3 is 2.45 bits per heavy atom. The van der Waals surface area contributed by atoms with Gasteiger partial charge in [-0.2, -0.15) is 0 Å². The molecule has 0 aromatic carbocycles. The van der Waals surface area contributed by atoms with E-state index in [1.54, 1.807) is 4.90 Å². The largest absolute Gasteiger partial charge is 0.444 e. The zero-order valence-corrected chi connectivity index (χ0v) is 12.8. The SMILES string of the molecule is CC1=CC(=C=O)C2(CCN(C(=O)OC(C)(C)C)CC2)C1. The molecular weight excluding hydrogens is 254 g/mol. The first kappa shape index (κ1) is 14.9. The van der Waals surface area contributed by atoms with Gasteiger partial charge in [0.15, 0.2) is 0 Å². The molecule has 1 heterocycles. The van der Waals surface area contributed by atoms with Gasteiger partial charge in [-0.05, 0) is 53.0 Å². The molecule has 1 aliphatic carbocycles. The Bertz CT molecular complexity index is 484. The third kappa shape index (κ3) is 2.96. The maximum absolute atomic E-state index is 12.0. The Balaban J connectivity index is 2.00. The fourth-order valence-electron chi connectivity index (χ4n) is 3.11. The normalized spacial score (nSPS) is 21.7. The molecule has 0 aromatic rings. The van der Waals surface area contributed by atoms with E-state index in [0.717, 1.165) is 24.8 Å². The first-order valence-electron chi connectivity index (χ1n) is 7.16. The van der Waals surface area contributed by atoms with E-state index in [1.165, 1.54) is 5.57 Å². The van der Waals surface area contributed by atoms with Crippen LogP contribution in [0.3, 0.4) is 0 Å². The van der Waals surface area contributed by atoms with Crippen molar-refractivity contribution in [2.24, 2.45) is 5.41 Å². The number of carbonyl (C=O) groups excluding carboxylic acids is 2. The number of likely N-dealkylation sites (tertiary alicyclic amines) is 1. The van der Waals surface area contributed by atoms with Crippen LogP contribution >= 0.6 is 0 Å². The van der Waals surface area contributed by atoms with Crippen molar-refractivity contribution in [3.8, 4) is 0 Å². The quantitative estimate of drug-likeness (QED) is 0.639. The molecule has 0 N–H and O–H groups in total. The molecule has 0 saturated carbocycles. The van der Waals surface area contributed by atoms with Crippen LogP contribution in [0.15, 0.2) is 17.2 Å². The number of carbonyl (C=O) groups is 1. The van der Waals surface area contributed by atoms with E-state index in [-0.39, 0.29) is 11.5 Å². The molecule has 0 aromatic heterocycles. The summed E-state index contributed by atoms with van der Waals surface area (Å²) in [6.45, 7) is 8.93. The van der Waals surface area contributed by atoms with Gasteiger partial charge in [0.25, 0.3) is 0 Å². The van der Waals surface area contributed by atoms with Gasteiger partial charge >= 0.3 is 6.09 Å². The summed E-state index contributed by atoms with van der Waals surface area (Å²) in [5.41, 5.74) is 1.45. The molecule has 0 atom stereocenters. The molecule has 1 spiro atoms. The molecular formula is C16H23NO3. The van der Waals surface area contributed by atoms with Crippen LogP contribution in [0.2, 0.25) is 0 Å². The van der Waals surface area contributed by atoms with Crippen molar-refractivity contribution in [2.75, 3.05) is 13.1 Å². The number of allylic oxidation sites excluding steroid dienone is 3. The lowest BCUT2D eigenvalue weighted by Gasteiger charge is -2.39. The van der Waals surface area contributed by atoms with Gasteiger partial charge in [-0.25, -0.2) is 9.59 Å². The molecule has 0 unspecified atom stereocenters. The highest BCUT2D eigenvalue weighted by Gasteiger charge is 2.42. The summed E-state index contributed by atoms with van der Waals surface area (Å²) < 4.78 is 5.39. The standard InChI is InChI=1S/C16H23NO3/c1-12-9-13(11-18)16(10-12)5-7-17(8-6-16)14(19)20-15(2,3)4/h9H,5-8,10H2,1-4H3. The molecule has 20 heavy (non-hydrogen) atoms. The summed E-state index contributed by atoms with van der Waals surface area (Å²) in [5, 5.41) is 0. The van der Waals surface area contributed by atoms with E-state index in [1.807, 2.05) is 33.8 Å². The third-order valence-electron chi connectivity index (χ3n) is 4.06. The lowest BCUT2D eigenvalue weighted by atomic mass is 9.73. The predicted octanol–water partition coefficient (Wildman–Crippen LogP) is 3.11. The molecule has 2 rings (SSSR count). The molecule has 1 amide bonds. The van der Waals surface area contributed by atoms with Crippen LogP contribution in [-0.4, -0.2) is 35.6 Å². The van der Waals surface area contributed by atoms with Gasteiger partial charge in [0, 0.05) is 24.1 Å². The van der Waals surface area contributed by atoms with Crippen LogP contribution in [-0.2, 0) is 9.53 Å². The van der Waals surface area contributed by atoms with Crippen molar-refractivity contribution in [1.82, 2.24) is 4.90 Å². The number of ether oxygens (including phenoxy) is 1. The molecule has 2 aliphatic rings. The van der Waals surface area contributed by atoms with Crippen molar-refractivity contribution in [1.29, 1.82) is 0 Å². The molecule has 1 saturated heterocycles. The minimum absolute atomic E-state index is 0.0929. The molecule has 0 bridgehead atoms. The topological polar surface area (TPSA) is 46.6 Å². The predicted molar refractivity (Wildman–Crippen MR) is 77.1 cm³/mol. The summed E-state index contributed by atoms with van der Waals surface area (Å²) in [7, 11) is 0. The minimum atomic E-state index is -0.467. The van der Waals surface area contributed by atoms with Gasteiger partial charge in [0.1, 0.15) is 11.5 Å². The third-order valence-corrected chi connectivity index (χ3v) is 4.06. The Morgan fingerprint density at radius 2 is 1.95 bits per heavy atom. The molecule has 1 fully saturated rings. The highest BCUT2D eigenvalue weighted by atomic mass is 16.6. The zero-order valence-electron chi connectivity index (χ0n) is 12.8. The Hall–Kier alpha value is -1.54.